The molecular formula is C26H37N3O6S. The van der Waals surface area contributed by atoms with Crippen LogP contribution in [0.3, 0.4) is 0 Å². The fourth-order valence-corrected chi connectivity index (χ4v) is 4.58. The number of amides is 2. The van der Waals surface area contributed by atoms with Crippen LogP contribution in [0.15, 0.2) is 48.5 Å². The van der Waals surface area contributed by atoms with Gasteiger partial charge in [0.2, 0.25) is 21.8 Å². The minimum absolute atomic E-state index is 0.141. The number of rotatable bonds is 11. The third kappa shape index (κ3) is 7.87. The summed E-state index contributed by atoms with van der Waals surface area (Å²) < 4.78 is 37.3. The third-order valence-electron chi connectivity index (χ3n) is 5.41. The van der Waals surface area contributed by atoms with Gasteiger partial charge in [0.05, 0.1) is 26.2 Å². The highest BCUT2D eigenvalue weighted by molar-refractivity contribution is 7.92. The molecule has 9 nitrogen and oxygen atoms in total. The lowest BCUT2D eigenvalue weighted by Gasteiger charge is -2.34. The number of nitrogens with zero attached hydrogens (tertiary/aromatic N) is 2. The zero-order valence-electron chi connectivity index (χ0n) is 22.1. The lowest BCUT2D eigenvalue weighted by molar-refractivity contribution is -0.141. The third-order valence-corrected chi connectivity index (χ3v) is 6.54. The van der Waals surface area contributed by atoms with Crippen LogP contribution in [-0.4, -0.2) is 63.7 Å². The first-order chi connectivity index (χ1) is 16.8. The van der Waals surface area contributed by atoms with E-state index >= 15 is 0 Å². The lowest BCUT2D eigenvalue weighted by atomic mass is 10.1. The Morgan fingerprint density at radius 2 is 1.67 bits per heavy atom. The summed E-state index contributed by atoms with van der Waals surface area (Å²) in [5.41, 5.74) is 0.482. The van der Waals surface area contributed by atoms with Crippen molar-refractivity contribution in [2.45, 2.75) is 52.2 Å². The minimum atomic E-state index is -3.91. The maximum atomic E-state index is 13.8. The Hall–Kier alpha value is -3.27. The number of methoxy groups -OCH3 is 2. The Kier molecular flexibility index (Phi) is 9.75. The highest BCUT2D eigenvalue weighted by atomic mass is 32.2. The predicted molar refractivity (Wildman–Crippen MR) is 141 cm³/mol. The molecule has 0 aromatic heterocycles. The number of nitrogens with one attached hydrogen (secondary N) is 1. The molecular weight excluding hydrogens is 482 g/mol. The fourth-order valence-electron chi connectivity index (χ4n) is 3.74. The van der Waals surface area contributed by atoms with Gasteiger partial charge in [0.1, 0.15) is 24.1 Å². The van der Waals surface area contributed by atoms with E-state index in [0.717, 1.165) is 16.1 Å². The topological polar surface area (TPSA) is 105 Å². The van der Waals surface area contributed by atoms with Crippen LogP contribution in [0.25, 0.3) is 0 Å². The van der Waals surface area contributed by atoms with Crippen molar-refractivity contribution in [2.75, 3.05) is 31.3 Å². The molecule has 0 heterocycles. The molecule has 36 heavy (non-hydrogen) atoms. The van der Waals surface area contributed by atoms with Crippen LogP contribution in [-0.2, 0) is 26.2 Å². The van der Waals surface area contributed by atoms with Gasteiger partial charge < -0.3 is 19.7 Å². The Morgan fingerprint density at radius 3 is 2.17 bits per heavy atom. The van der Waals surface area contributed by atoms with Crippen molar-refractivity contribution in [2.24, 2.45) is 0 Å². The number of sulfonamides is 1. The number of carbonyl (C=O) groups excluding carboxylic acids is 2. The number of hydrogen-bond acceptors (Lipinski definition) is 6. The zero-order valence-corrected chi connectivity index (χ0v) is 22.9. The molecule has 2 aromatic carbocycles. The van der Waals surface area contributed by atoms with Crippen molar-refractivity contribution in [3.05, 3.63) is 54.1 Å². The standard InChI is InChI=1S/C26H37N3O6S/c1-8-21(25(31)27-26(2,3)4)28(17-19-12-10-9-11-13-19)24(30)18-29(36(7,32)33)22-16-20(34-5)14-15-23(22)35-6/h9-16,21H,8,17-18H2,1-7H3,(H,27,31)/t21-/m1/s1. The van der Waals surface area contributed by atoms with E-state index in [0.29, 0.717) is 12.2 Å². The van der Waals surface area contributed by atoms with E-state index in [1.165, 1.54) is 25.2 Å². The van der Waals surface area contributed by atoms with E-state index in [-0.39, 0.29) is 23.9 Å². The molecule has 0 radical (unpaired) electrons. The van der Waals surface area contributed by atoms with Gasteiger partial charge in [-0.15, -0.1) is 0 Å². The largest absolute Gasteiger partial charge is 0.497 e. The van der Waals surface area contributed by atoms with Crippen molar-refractivity contribution >= 4 is 27.5 Å². The minimum Gasteiger partial charge on any atom is -0.497 e. The van der Waals surface area contributed by atoms with E-state index in [1.54, 1.807) is 12.1 Å². The first kappa shape index (κ1) is 29.0. The number of ether oxygens (including phenoxy) is 2. The molecule has 1 N–H and O–H groups in total. The second-order valence-electron chi connectivity index (χ2n) is 9.48. The van der Waals surface area contributed by atoms with Crippen LogP contribution >= 0.6 is 0 Å². The first-order valence-corrected chi connectivity index (χ1v) is 13.5. The number of hydrogen-bond donors (Lipinski definition) is 1. The van der Waals surface area contributed by atoms with Crippen molar-refractivity contribution in [1.82, 2.24) is 10.2 Å². The van der Waals surface area contributed by atoms with Gasteiger partial charge in [-0.3, -0.25) is 13.9 Å². The highest BCUT2D eigenvalue weighted by Gasteiger charge is 2.33. The van der Waals surface area contributed by atoms with Crippen LogP contribution in [0.4, 0.5) is 5.69 Å². The quantitative estimate of drug-likeness (QED) is 0.489. The van der Waals surface area contributed by atoms with Crippen LogP contribution in [0, 0.1) is 0 Å². The molecule has 0 fully saturated rings. The molecule has 0 aliphatic heterocycles. The smallest absolute Gasteiger partial charge is 0.244 e. The molecule has 0 spiro atoms. The van der Waals surface area contributed by atoms with Gasteiger partial charge in [0.15, 0.2) is 0 Å². The SMILES string of the molecule is CC[C@H](C(=O)NC(C)(C)C)N(Cc1ccccc1)C(=O)CN(c1cc(OC)ccc1OC)S(C)(=O)=O. The molecule has 0 saturated heterocycles. The maximum Gasteiger partial charge on any atom is 0.244 e. The molecule has 0 bridgehead atoms. The maximum absolute atomic E-state index is 13.8. The normalized spacial score (nSPS) is 12.4. The fraction of sp³-hybridized carbons (Fsp3) is 0.462. The van der Waals surface area contributed by atoms with Crippen LogP contribution < -0.4 is 19.1 Å². The number of anilines is 1. The number of benzene rings is 2. The van der Waals surface area contributed by atoms with E-state index in [4.69, 9.17) is 9.47 Å². The van der Waals surface area contributed by atoms with Gasteiger partial charge in [0.25, 0.3) is 0 Å². The van der Waals surface area contributed by atoms with Crippen LogP contribution in [0.2, 0.25) is 0 Å². The molecule has 2 rings (SSSR count). The summed E-state index contributed by atoms with van der Waals surface area (Å²) in [6.45, 7) is 7.03. The zero-order chi connectivity index (χ0) is 27.1. The molecule has 0 aliphatic rings. The summed E-state index contributed by atoms with van der Waals surface area (Å²) in [5, 5.41) is 2.94. The monoisotopic (exact) mass is 519 g/mol. The van der Waals surface area contributed by atoms with Gasteiger partial charge in [0, 0.05) is 18.2 Å². The van der Waals surface area contributed by atoms with Crippen LogP contribution in [0.1, 0.15) is 39.7 Å². The Labute approximate surface area is 214 Å². The molecule has 2 aromatic rings. The van der Waals surface area contributed by atoms with Crippen molar-refractivity contribution < 1.29 is 27.5 Å². The van der Waals surface area contributed by atoms with Gasteiger partial charge in [-0.05, 0) is 44.9 Å². The van der Waals surface area contributed by atoms with Crippen molar-refractivity contribution in [3.8, 4) is 11.5 Å². The molecule has 10 heteroatoms. The summed E-state index contributed by atoms with van der Waals surface area (Å²) >= 11 is 0. The summed E-state index contributed by atoms with van der Waals surface area (Å²) in [6, 6.07) is 13.2. The van der Waals surface area contributed by atoms with Gasteiger partial charge in [-0.2, -0.15) is 0 Å². The molecule has 2 amide bonds. The van der Waals surface area contributed by atoms with Gasteiger partial charge in [-0.25, -0.2) is 8.42 Å². The van der Waals surface area contributed by atoms with Crippen molar-refractivity contribution in [1.29, 1.82) is 0 Å². The molecule has 1 atom stereocenters. The average Bonchev–Trinajstić information content (AvgIpc) is 2.80. The van der Waals surface area contributed by atoms with Crippen LogP contribution in [0.5, 0.6) is 11.5 Å². The summed E-state index contributed by atoms with van der Waals surface area (Å²) in [4.78, 5) is 28.4. The highest BCUT2D eigenvalue weighted by Crippen LogP contribution is 2.34. The Balaban J connectivity index is 2.52. The lowest BCUT2D eigenvalue weighted by Crippen LogP contribution is -2.55. The second kappa shape index (κ2) is 12.1. The Bertz CT molecular complexity index is 1150. The number of carbonyl (C=O) groups is 2. The summed E-state index contributed by atoms with van der Waals surface area (Å²) in [6.07, 6.45) is 1.37. The summed E-state index contributed by atoms with van der Waals surface area (Å²) in [7, 11) is -1.03. The second-order valence-corrected chi connectivity index (χ2v) is 11.4. The van der Waals surface area contributed by atoms with E-state index in [2.05, 4.69) is 5.32 Å². The first-order valence-electron chi connectivity index (χ1n) is 11.7. The van der Waals surface area contributed by atoms with Gasteiger partial charge in [-0.1, -0.05) is 37.3 Å². The predicted octanol–water partition coefficient (Wildman–Crippen LogP) is 3.19. The van der Waals surface area contributed by atoms with E-state index in [9.17, 15) is 18.0 Å². The Morgan fingerprint density at radius 1 is 1.03 bits per heavy atom. The van der Waals surface area contributed by atoms with E-state index < -0.39 is 34.1 Å². The van der Waals surface area contributed by atoms with Gasteiger partial charge >= 0.3 is 0 Å². The average molecular weight is 520 g/mol. The molecule has 198 valence electrons. The van der Waals surface area contributed by atoms with E-state index in [1.807, 2.05) is 58.0 Å². The molecule has 0 unspecified atom stereocenters. The summed E-state index contributed by atoms with van der Waals surface area (Å²) in [5.74, 6) is -0.158. The molecule has 0 aliphatic carbocycles. The molecule has 0 saturated carbocycles. The van der Waals surface area contributed by atoms with Crippen molar-refractivity contribution in [3.63, 3.8) is 0 Å².